The molecule has 0 spiro atoms. The van der Waals surface area contributed by atoms with Gasteiger partial charge in [0.2, 0.25) is 0 Å². The van der Waals surface area contributed by atoms with Gasteiger partial charge in [-0.15, -0.1) is 0 Å². The molecule has 1 nitrogen and oxygen atoms in total. The predicted molar refractivity (Wildman–Crippen MR) is 158 cm³/mol. The second kappa shape index (κ2) is 10.1. The Morgan fingerprint density at radius 1 is 0.919 bits per heavy atom. The minimum atomic E-state index is 0.217. The van der Waals surface area contributed by atoms with Crippen molar-refractivity contribution in [1.29, 1.82) is 0 Å². The average molecular weight is 505 g/mol. The van der Waals surface area contributed by atoms with Gasteiger partial charge in [0.05, 0.1) is 0 Å². The van der Waals surface area contributed by atoms with Gasteiger partial charge in [-0.25, -0.2) is 0 Å². The van der Waals surface area contributed by atoms with Crippen molar-refractivity contribution >= 4 is 0 Å². The third kappa shape index (κ3) is 4.53. The third-order valence-electron chi connectivity index (χ3n) is 12.9. The molecule has 4 aliphatic carbocycles. The molecule has 1 heteroatoms. The molecule has 9 atom stereocenters. The zero-order valence-corrected chi connectivity index (χ0v) is 25.4. The van der Waals surface area contributed by atoms with E-state index in [1.807, 2.05) is 0 Å². The largest absolute Gasteiger partial charge is 0.490 e. The minimum Gasteiger partial charge on any atom is -0.490 e. The van der Waals surface area contributed by atoms with Crippen molar-refractivity contribution in [2.45, 2.75) is 126 Å². The lowest BCUT2D eigenvalue weighted by atomic mass is 9.41. The Kier molecular flexibility index (Phi) is 7.43. The van der Waals surface area contributed by atoms with E-state index in [9.17, 15) is 0 Å². The molecule has 0 amide bonds. The number of aryl methyl sites for hydroxylation is 2. The highest BCUT2D eigenvalue weighted by Gasteiger charge is 2.63. The molecule has 206 valence electrons. The van der Waals surface area contributed by atoms with Crippen molar-refractivity contribution in [2.24, 2.45) is 51.8 Å². The smallest absolute Gasteiger partial charge is 0.122 e. The third-order valence-corrected chi connectivity index (χ3v) is 12.9. The van der Waals surface area contributed by atoms with E-state index >= 15 is 0 Å². The van der Waals surface area contributed by atoms with E-state index in [1.165, 1.54) is 75.3 Å². The summed E-state index contributed by atoms with van der Waals surface area (Å²) in [7, 11) is 0. The van der Waals surface area contributed by atoms with Crippen molar-refractivity contribution in [3.63, 3.8) is 0 Å². The highest BCUT2D eigenvalue weighted by Crippen LogP contribution is 2.70. The average Bonchev–Trinajstić information content (AvgIpc) is 3.20. The molecule has 0 heterocycles. The van der Waals surface area contributed by atoms with Crippen LogP contribution >= 0.6 is 0 Å². The Balaban J connectivity index is 1.33. The summed E-state index contributed by atoms with van der Waals surface area (Å²) in [4.78, 5) is 0. The monoisotopic (exact) mass is 504 g/mol. The number of benzene rings is 1. The second-order valence-electron chi connectivity index (χ2n) is 15.1. The van der Waals surface area contributed by atoms with E-state index in [1.54, 1.807) is 0 Å². The first-order chi connectivity index (χ1) is 17.5. The Hall–Kier alpha value is -1.24. The van der Waals surface area contributed by atoms with E-state index in [0.717, 1.165) is 41.3 Å². The quantitative estimate of drug-likeness (QED) is 0.350. The number of hydrogen-bond acceptors (Lipinski definition) is 1. The van der Waals surface area contributed by atoms with Gasteiger partial charge >= 0.3 is 0 Å². The summed E-state index contributed by atoms with van der Waals surface area (Å²) >= 11 is 0. The fourth-order valence-electron chi connectivity index (χ4n) is 11.0. The van der Waals surface area contributed by atoms with E-state index in [2.05, 4.69) is 85.7 Å². The molecule has 0 N–H and O–H groups in total. The van der Waals surface area contributed by atoms with E-state index in [4.69, 9.17) is 4.74 Å². The van der Waals surface area contributed by atoms with Gasteiger partial charge in [0.1, 0.15) is 11.9 Å². The maximum atomic E-state index is 6.87. The van der Waals surface area contributed by atoms with E-state index in [0.29, 0.717) is 16.9 Å². The number of allylic oxidation sites excluding steroid dienone is 2. The molecule has 9 unspecified atom stereocenters. The fourth-order valence-corrected chi connectivity index (χ4v) is 11.0. The van der Waals surface area contributed by atoms with Crippen LogP contribution in [0.3, 0.4) is 0 Å². The predicted octanol–water partition coefficient (Wildman–Crippen LogP) is 10.3. The normalized spacial score (nSPS) is 41.6. The van der Waals surface area contributed by atoms with Gasteiger partial charge in [-0.2, -0.15) is 0 Å². The van der Waals surface area contributed by atoms with Crippen LogP contribution < -0.4 is 4.74 Å². The van der Waals surface area contributed by atoms with Crippen molar-refractivity contribution < 1.29 is 4.74 Å². The SMILES string of the molecule is C/C=C\CCC(C)C1CCC2C3CCC4C(C)(C)C(Oc5cc(C)ccc5C)CCC4(C)C3CCC12C. The van der Waals surface area contributed by atoms with Crippen LogP contribution in [0.2, 0.25) is 0 Å². The molecule has 0 bridgehead atoms. The molecule has 4 saturated carbocycles. The summed E-state index contributed by atoms with van der Waals surface area (Å²) in [5.41, 5.74) is 3.86. The lowest BCUT2D eigenvalue weighted by Gasteiger charge is -2.65. The first-order valence-electron chi connectivity index (χ1n) is 15.9. The number of ether oxygens (including phenoxy) is 1. The molecule has 0 saturated heterocycles. The van der Waals surface area contributed by atoms with Gasteiger partial charge in [-0.3, -0.25) is 0 Å². The maximum absolute atomic E-state index is 6.87. The zero-order chi connectivity index (χ0) is 26.6. The lowest BCUT2D eigenvalue weighted by molar-refractivity contribution is -0.174. The van der Waals surface area contributed by atoms with Crippen LogP contribution in [0.5, 0.6) is 5.75 Å². The summed E-state index contributed by atoms with van der Waals surface area (Å²) in [6.45, 7) is 19.7. The summed E-state index contributed by atoms with van der Waals surface area (Å²) < 4.78 is 6.87. The number of fused-ring (bicyclic) bond motifs is 5. The Labute approximate surface area is 229 Å². The fraction of sp³-hybridized carbons (Fsp3) is 0.778. The zero-order valence-electron chi connectivity index (χ0n) is 25.4. The maximum Gasteiger partial charge on any atom is 0.122 e. The van der Waals surface area contributed by atoms with Crippen LogP contribution in [0.15, 0.2) is 30.4 Å². The molecule has 37 heavy (non-hydrogen) atoms. The Morgan fingerprint density at radius 3 is 2.41 bits per heavy atom. The Bertz CT molecular complexity index is 988. The van der Waals surface area contributed by atoms with E-state index < -0.39 is 0 Å². The molecular formula is C36H56O. The topological polar surface area (TPSA) is 9.23 Å². The molecule has 0 radical (unpaired) electrons. The van der Waals surface area contributed by atoms with Crippen LogP contribution in [-0.4, -0.2) is 6.10 Å². The number of hydrogen-bond donors (Lipinski definition) is 0. The molecule has 4 fully saturated rings. The summed E-state index contributed by atoms with van der Waals surface area (Å²) in [5, 5.41) is 0. The lowest BCUT2D eigenvalue weighted by Crippen LogP contribution is -2.60. The van der Waals surface area contributed by atoms with Crippen LogP contribution in [0, 0.1) is 65.6 Å². The summed E-state index contributed by atoms with van der Waals surface area (Å²) in [6.07, 6.45) is 18.9. The second-order valence-corrected chi connectivity index (χ2v) is 15.1. The van der Waals surface area contributed by atoms with Gasteiger partial charge in [0.25, 0.3) is 0 Å². The first kappa shape index (κ1) is 27.3. The van der Waals surface area contributed by atoms with Crippen LogP contribution in [0.25, 0.3) is 0 Å². The van der Waals surface area contributed by atoms with Gasteiger partial charge < -0.3 is 4.74 Å². The van der Waals surface area contributed by atoms with Crippen molar-refractivity contribution in [3.05, 3.63) is 41.5 Å². The number of rotatable bonds is 6. The first-order valence-corrected chi connectivity index (χ1v) is 15.9. The highest BCUT2D eigenvalue weighted by atomic mass is 16.5. The van der Waals surface area contributed by atoms with Crippen LogP contribution in [-0.2, 0) is 0 Å². The van der Waals surface area contributed by atoms with Crippen molar-refractivity contribution in [1.82, 2.24) is 0 Å². The van der Waals surface area contributed by atoms with Crippen molar-refractivity contribution in [3.8, 4) is 5.75 Å². The van der Waals surface area contributed by atoms with Gasteiger partial charge in [-0.1, -0.05) is 58.9 Å². The molecule has 1 aromatic carbocycles. The summed E-state index contributed by atoms with van der Waals surface area (Å²) in [6, 6.07) is 6.69. The molecule has 4 aliphatic rings. The van der Waals surface area contributed by atoms with Crippen LogP contribution in [0.4, 0.5) is 0 Å². The van der Waals surface area contributed by atoms with Gasteiger partial charge in [0.15, 0.2) is 0 Å². The standard InChI is InChI=1S/C36H56O/c1-9-10-11-12-25(3)28-16-17-29-27-15-18-32-34(5,6)33(37-31-23-24(2)13-14-26(31)4)20-22-36(32,8)30(27)19-21-35(28,29)7/h9-10,13-14,23,25,27-30,32-33H,11-12,15-22H2,1-8H3/b10-9-. The summed E-state index contributed by atoms with van der Waals surface area (Å²) in [5.74, 6) is 6.53. The van der Waals surface area contributed by atoms with Gasteiger partial charge in [-0.05, 0) is 149 Å². The van der Waals surface area contributed by atoms with E-state index in [-0.39, 0.29) is 5.41 Å². The minimum absolute atomic E-state index is 0.217. The molecular weight excluding hydrogens is 448 g/mol. The highest BCUT2D eigenvalue weighted by molar-refractivity contribution is 5.36. The molecule has 0 aromatic heterocycles. The van der Waals surface area contributed by atoms with Crippen molar-refractivity contribution in [2.75, 3.05) is 0 Å². The van der Waals surface area contributed by atoms with Gasteiger partial charge in [0, 0.05) is 5.41 Å². The molecule has 5 rings (SSSR count). The Morgan fingerprint density at radius 2 is 1.65 bits per heavy atom. The molecule has 1 aromatic rings. The molecule has 0 aliphatic heterocycles. The van der Waals surface area contributed by atoms with Crippen LogP contribution in [0.1, 0.15) is 117 Å².